The van der Waals surface area contributed by atoms with E-state index in [1.807, 2.05) is 35.2 Å². The maximum Gasteiger partial charge on any atom is 0.253 e. The number of likely N-dealkylation sites (tertiary alicyclic amines) is 1. The minimum absolute atomic E-state index is 0.130. The van der Waals surface area contributed by atoms with Gasteiger partial charge in [-0.1, -0.05) is 20.8 Å². The number of rotatable bonds is 5. The lowest BCUT2D eigenvalue weighted by molar-refractivity contribution is 0.0583. The Bertz CT molecular complexity index is 1110. The molecule has 164 valence electrons. The number of hydrogen-bond donors (Lipinski definition) is 1. The molecule has 0 spiro atoms. The van der Waals surface area contributed by atoms with Crippen molar-refractivity contribution in [2.45, 2.75) is 40.0 Å². The Morgan fingerprint density at radius 1 is 1.10 bits per heavy atom. The molecule has 0 aliphatic carbocycles. The standard InChI is InChI=1S/C26H32N2O3/c1-6-19-20-14-18(25(29)28-13-7-12-26(2,3)16-28)8-10-21(20)27-24(19)17-9-11-22(30-4)23(15-17)31-5/h8-11,14-15,27H,6-7,12-13,16H2,1-5H3. The summed E-state index contributed by atoms with van der Waals surface area (Å²) < 4.78 is 10.9. The Hall–Kier alpha value is -2.95. The molecule has 1 aliphatic rings. The number of ether oxygens (including phenoxy) is 2. The molecule has 31 heavy (non-hydrogen) atoms. The first-order valence-electron chi connectivity index (χ1n) is 11.0. The number of aryl methyl sites for hydroxylation is 1. The Balaban J connectivity index is 1.73. The van der Waals surface area contributed by atoms with E-state index in [9.17, 15) is 4.79 Å². The van der Waals surface area contributed by atoms with Gasteiger partial charge in [0.05, 0.1) is 14.2 Å². The molecule has 4 rings (SSSR count). The monoisotopic (exact) mass is 420 g/mol. The number of nitrogens with one attached hydrogen (secondary N) is 1. The van der Waals surface area contributed by atoms with Gasteiger partial charge in [0, 0.05) is 40.8 Å². The van der Waals surface area contributed by atoms with Crippen LogP contribution in [0.1, 0.15) is 49.5 Å². The lowest BCUT2D eigenvalue weighted by Gasteiger charge is -2.38. The number of benzene rings is 2. The normalized spacial score (nSPS) is 15.8. The van der Waals surface area contributed by atoms with Crippen molar-refractivity contribution >= 4 is 16.8 Å². The highest BCUT2D eigenvalue weighted by Crippen LogP contribution is 2.37. The average molecular weight is 421 g/mol. The largest absolute Gasteiger partial charge is 0.493 e. The van der Waals surface area contributed by atoms with Crippen LogP contribution in [0.3, 0.4) is 0 Å². The zero-order valence-electron chi connectivity index (χ0n) is 19.2. The second-order valence-electron chi connectivity index (χ2n) is 9.16. The number of amides is 1. The molecule has 5 heteroatoms. The first-order valence-corrected chi connectivity index (χ1v) is 11.0. The maximum absolute atomic E-state index is 13.2. The molecule has 2 aromatic carbocycles. The summed E-state index contributed by atoms with van der Waals surface area (Å²) in [6.45, 7) is 8.28. The third kappa shape index (κ3) is 4.01. The minimum Gasteiger partial charge on any atom is -0.493 e. The molecular formula is C26H32N2O3. The second-order valence-corrected chi connectivity index (χ2v) is 9.16. The highest BCUT2D eigenvalue weighted by atomic mass is 16.5. The molecule has 0 saturated carbocycles. The zero-order chi connectivity index (χ0) is 22.2. The van der Waals surface area contributed by atoms with Gasteiger partial charge in [-0.3, -0.25) is 4.79 Å². The summed E-state index contributed by atoms with van der Waals surface area (Å²) in [7, 11) is 3.28. The van der Waals surface area contributed by atoms with Crippen LogP contribution in [0.5, 0.6) is 11.5 Å². The number of carbonyl (C=O) groups excluding carboxylic acids is 1. The van der Waals surface area contributed by atoms with Crippen molar-refractivity contribution in [2.24, 2.45) is 5.41 Å². The minimum atomic E-state index is 0.130. The number of piperidine rings is 1. The number of aromatic amines is 1. The summed E-state index contributed by atoms with van der Waals surface area (Å²) in [6, 6.07) is 12.0. The Kier molecular flexibility index (Phi) is 5.69. The highest BCUT2D eigenvalue weighted by Gasteiger charge is 2.29. The van der Waals surface area contributed by atoms with Gasteiger partial charge in [-0.2, -0.15) is 0 Å². The molecule has 0 bridgehead atoms. The first-order chi connectivity index (χ1) is 14.9. The summed E-state index contributed by atoms with van der Waals surface area (Å²) in [4.78, 5) is 18.8. The van der Waals surface area contributed by atoms with E-state index in [0.29, 0.717) is 11.5 Å². The van der Waals surface area contributed by atoms with Crippen molar-refractivity contribution in [1.82, 2.24) is 9.88 Å². The summed E-state index contributed by atoms with van der Waals surface area (Å²) in [6.07, 6.45) is 3.09. The molecule has 5 nitrogen and oxygen atoms in total. The molecular weight excluding hydrogens is 388 g/mol. The van der Waals surface area contributed by atoms with E-state index in [1.54, 1.807) is 14.2 Å². The molecule has 1 saturated heterocycles. The van der Waals surface area contributed by atoms with Crippen LogP contribution in [0.2, 0.25) is 0 Å². The van der Waals surface area contributed by atoms with Crippen LogP contribution in [-0.4, -0.2) is 43.1 Å². The van der Waals surface area contributed by atoms with Crippen LogP contribution in [0.25, 0.3) is 22.2 Å². The first kappa shape index (κ1) is 21.3. The van der Waals surface area contributed by atoms with Crippen LogP contribution in [0.15, 0.2) is 36.4 Å². The van der Waals surface area contributed by atoms with Crippen LogP contribution >= 0.6 is 0 Å². The zero-order valence-corrected chi connectivity index (χ0v) is 19.2. The molecule has 2 heterocycles. The van der Waals surface area contributed by atoms with Crippen LogP contribution in [0, 0.1) is 5.41 Å². The fraction of sp³-hybridized carbons (Fsp3) is 0.423. The van der Waals surface area contributed by atoms with Gasteiger partial charge >= 0.3 is 0 Å². The number of nitrogens with zero attached hydrogens (tertiary/aromatic N) is 1. The van der Waals surface area contributed by atoms with Crippen molar-refractivity contribution < 1.29 is 14.3 Å². The molecule has 0 radical (unpaired) electrons. The van der Waals surface area contributed by atoms with Gasteiger partial charge in [0.2, 0.25) is 0 Å². The molecule has 1 aliphatic heterocycles. The van der Waals surface area contributed by atoms with Gasteiger partial charge in [-0.05, 0) is 66.6 Å². The summed E-state index contributed by atoms with van der Waals surface area (Å²) >= 11 is 0. The third-order valence-corrected chi connectivity index (χ3v) is 6.37. The van der Waals surface area contributed by atoms with Gasteiger partial charge in [0.25, 0.3) is 5.91 Å². The van der Waals surface area contributed by atoms with E-state index in [2.05, 4.69) is 31.8 Å². The Morgan fingerprint density at radius 3 is 2.55 bits per heavy atom. The Labute approximate surface area is 184 Å². The molecule has 1 fully saturated rings. The SMILES string of the molecule is CCc1c(-c2ccc(OC)c(OC)c2)[nH]c2ccc(C(=O)N3CCCC(C)(C)C3)cc12. The molecule has 0 atom stereocenters. The van der Waals surface area contributed by atoms with Crippen molar-refractivity contribution in [3.05, 3.63) is 47.5 Å². The van der Waals surface area contributed by atoms with Crippen LogP contribution < -0.4 is 9.47 Å². The molecule has 1 amide bonds. The predicted molar refractivity (Wildman–Crippen MR) is 125 cm³/mol. The number of methoxy groups -OCH3 is 2. The van der Waals surface area contributed by atoms with Crippen LogP contribution in [-0.2, 0) is 6.42 Å². The molecule has 1 aromatic heterocycles. The van der Waals surface area contributed by atoms with Gasteiger partial charge in [0.1, 0.15) is 0 Å². The lowest BCUT2D eigenvalue weighted by Crippen LogP contribution is -2.43. The van der Waals surface area contributed by atoms with E-state index >= 15 is 0 Å². The number of aromatic nitrogens is 1. The molecule has 1 N–H and O–H groups in total. The quantitative estimate of drug-likeness (QED) is 0.578. The lowest BCUT2D eigenvalue weighted by atomic mass is 9.84. The van der Waals surface area contributed by atoms with E-state index < -0.39 is 0 Å². The fourth-order valence-electron chi connectivity index (χ4n) is 4.77. The van der Waals surface area contributed by atoms with Crippen molar-refractivity contribution in [2.75, 3.05) is 27.3 Å². The Morgan fingerprint density at radius 2 is 1.87 bits per heavy atom. The van der Waals surface area contributed by atoms with E-state index in [4.69, 9.17) is 9.47 Å². The number of fused-ring (bicyclic) bond motifs is 1. The number of H-pyrrole nitrogens is 1. The molecule has 3 aromatic rings. The maximum atomic E-state index is 13.2. The molecule has 0 unspecified atom stereocenters. The van der Waals surface area contributed by atoms with Gasteiger partial charge < -0.3 is 19.4 Å². The van der Waals surface area contributed by atoms with Gasteiger partial charge in [-0.15, -0.1) is 0 Å². The van der Waals surface area contributed by atoms with Gasteiger partial charge in [0.15, 0.2) is 11.5 Å². The predicted octanol–water partition coefficient (Wildman–Crippen LogP) is 5.68. The number of hydrogen-bond acceptors (Lipinski definition) is 3. The average Bonchev–Trinajstić information content (AvgIpc) is 3.15. The van der Waals surface area contributed by atoms with E-state index in [-0.39, 0.29) is 11.3 Å². The van der Waals surface area contributed by atoms with Crippen LogP contribution in [0.4, 0.5) is 0 Å². The highest BCUT2D eigenvalue weighted by molar-refractivity contribution is 6.00. The van der Waals surface area contributed by atoms with Crippen molar-refractivity contribution in [1.29, 1.82) is 0 Å². The summed E-state index contributed by atoms with van der Waals surface area (Å²) in [5.41, 5.74) is 5.28. The third-order valence-electron chi connectivity index (χ3n) is 6.37. The van der Waals surface area contributed by atoms with E-state index in [1.165, 1.54) is 12.0 Å². The topological polar surface area (TPSA) is 54.6 Å². The summed E-state index contributed by atoms with van der Waals surface area (Å²) in [5, 5.41) is 1.11. The van der Waals surface area contributed by atoms with Crippen molar-refractivity contribution in [3.63, 3.8) is 0 Å². The second kappa shape index (κ2) is 8.29. The number of carbonyl (C=O) groups is 1. The smallest absolute Gasteiger partial charge is 0.253 e. The van der Waals surface area contributed by atoms with Gasteiger partial charge in [-0.25, -0.2) is 0 Å². The summed E-state index contributed by atoms with van der Waals surface area (Å²) in [5.74, 6) is 1.53. The van der Waals surface area contributed by atoms with Crippen molar-refractivity contribution in [3.8, 4) is 22.8 Å². The fourth-order valence-corrected chi connectivity index (χ4v) is 4.77. The van der Waals surface area contributed by atoms with E-state index in [0.717, 1.165) is 53.7 Å².